The Morgan fingerprint density at radius 3 is 2.33 bits per heavy atom. The van der Waals surface area contributed by atoms with Crippen LogP contribution in [0, 0.1) is 0 Å². The van der Waals surface area contributed by atoms with Crippen LogP contribution in [0.25, 0.3) is 0 Å². The fourth-order valence-corrected chi connectivity index (χ4v) is 1.17. The minimum Gasteiger partial charge on any atom is -0.456 e. The van der Waals surface area contributed by atoms with Crippen LogP contribution in [0.3, 0.4) is 0 Å². The number of esters is 1. The number of ketones is 1. The molecule has 102 valence electrons. The molecule has 2 amide bonds. The molecule has 0 saturated carbocycles. The van der Waals surface area contributed by atoms with E-state index in [1.165, 1.54) is 6.92 Å². The summed E-state index contributed by atoms with van der Waals surface area (Å²) < 4.78 is 4.46. The van der Waals surface area contributed by atoms with E-state index in [0.717, 1.165) is 0 Å². The maximum absolute atomic E-state index is 11.3. The van der Waals surface area contributed by atoms with Gasteiger partial charge in [0.25, 0.3) is 5.91 Å². The highest BCUT2D eigenvalue weighted by Crippen LogP contribution is 2.00. The van der Waals surface area contributed by atoms with Crippen molar-refractivity contribution < 1.29 is 23.9 Å². The molecule has 0 aromatic heterocycles. The number of carbonyl (C=O) groups excluding carboxylic acids is 4. The van der Waals surface area contributed by atoms with Crippen LogP contribution in [0.2, 0.25) is 0 Å². The van der Waals surface area contributed by atoms with E-state index in [1.807, 2.05) is 0 Å². The Hall–Kier alpha value is -1.92. The Bertz CT molecular complexity index is 340. The van der Waals surface area contributed by atoms with Crippen molar-refractivity contribution in [2.75, 3.05) is 6.61 Å². The largest absolute Gasteiger partial charge is 0.456 e. The van der Waals surface area contributed by atoms with Gasteiger partial charge in [-0.2, -0.15) is 0 Å². The number of hydrogen-bond acceptors (Lipinski definition) is 5. The van der Waals surface area contributed by atoms with Crippen molar-refractivity contribution in [3.63, 3.8) is 0 Å². The van der Waals surface area contributed by atoms with Gasteiger partial charge in [0.15, 0.2) is 6.61 Å². The molecular formula is C11H18N2O5. The number of nitrogens with one attached hydrogen (secondary N) is 1. The minimum absolute atomic E-state index is 0.0181. The van der Waals surface area contributed by atoms with E-state index in [0.29, 0.717) is 6.42 Å². The van der Waals surface area contributed by atoms with Crippen LogP contribution in [0.4, 0.5) is 0 Å². The summed E-state index contributed by atoms with van der Waals surface area (Å²) >= 11 is 0. The summed E-state index contributed by atoms with van der Waals surface area (Å²) in [7, 11) is 0. The van der Waals surface area contributed by atoms with Crippen molar-refractivity contribution >= 4 is 23.6 Å². The highest BCUT2D eigenvalue weighted by molar-refractivity contribution is 5.88. The van der Waals surface area contributed by atoms with Crippen LogP contribution in [0.1, 0.15) is 33.1 Å². The first kappa shape index (κ1) is 16.1. The Morgan fingerprint density at radius 1 is 1.28 bits per heavy atom. The van der Waals surface area contributed by atoms with E-state index in [-0.39, 0.29) is 18.6 Å². The lowest BCUT2D eigenvalue weighted by Gasteiger charge is -2.14. The van der Waals surface area contributed by atoms with Crippen LogP contribution in [-0.4, -0.2) is 36.2 Å². The van der Waals surface area contributed by atoms with Gasteiger partial charge in [-0.25, -0.2) is 0 Å². The van der Waals surface area contributed by atoms with Gasteiger partial charge in [0.1, 0.15) is 11.8 Å². The highest BCUT2D eigenvalue weighted by Gasteiger charge is 2.19. The van der Waals surface area contributed by atoms with Crippen molar-refractivity contribution in [1.82, 2.24) is 5.32 Å². The van der Waals surface area contributed by atoms with E-state index < -0.39 is 30.4 Å². The quantitative estimate of drug-likeness (QED) is 0.557. The van der Waals surface area contributed by atoms with E-state index in [4.69, 9.17) is 5.73 Å². The molecule has 0 heterocycles. The Balaban J connectivity index is 4.18. The Kier molecular flexibility index (Phi) is 7.34. The molecule has 7 nitrogen and oxygen atoms in total. The fourth-order valence-electron chi connectivity index (χ4n) is 1.17. The van der Waals surface area contributed by atoms with Crippen LogP contribution in [0.15, 0.2) is 0 Å². The lowest BCUT2D eigenvalue weighted by molar-refractivity contribution is -0.146. The summed E-state index contributed by atoms with van der Waals surface area (Å²) in [6.45, 7) is 2.40. The second-order valence-electron chi connectivity index (χ2n) is 3.73. The number of rotatable bonds is 8. The summed E-state index contributed by atoms with van der Waals surface area (Å²) in [5.41, 5.74) is 5.10. The van der Waals surface area contributed by atoms with Gasteiger partial charge < -0.3 is 15.8 Å². The molecule has 0 aromatic carbocycles. The smallest absolute Gasteiger partial charge is 0.303 e. The van der Waals surface area contributed by atoms with Crippen LogP contribution >= 0.6 is 0 Å². The van der Waals surface area contributed by atoms with Gasteiger partial charge in [-0.15, -0.1) is 0 Å². The van der Waals surface area contributed by atoms with E-state index in [1.54, 1.807) is 6.92 Å². The topological polar surface area (TPSA) is 116 Å². The molecule has 0 aliphatic carbocycles. The molecular weight excluding hydrogens is 240 g/mol. The van der Waals surface area contributed by atoms with E-state index in [2.05, 4.69) is 10.1 Å². The highest BCUT2D eigenvalue weighted by atomic mass is 16.5. The van der Waals surface area contributed by atoms with Crippen LogP contribution in [0.5, 0.6) is 0 Å². The predicted molar refractivity (Wildman–Crippen MR) is 62.3 cm³/mol. The lowest BCUT2D eigenvalue weighted by Crippen LogP contribution is -2.46. The molecule has 0 saturated heterocycles. The van der Waals surface area contributed by atoms with Gasteiger partial charge in [0.05, 0.1) is 0 Å². The molecule has 0 aliphatic heterocycles. The van der Waals surface area contributed by atoms with Crippen LogP contribution < -0.4 is 11.1 Å². The Labute approximate surface area is 105 Å². The average molecular weight is 258 g/mol. The maximum Gasteiger partial charge on any atom is 0.303 e. The van der Waals surface area contributed by atoms with Gasteiger partial charge in [-0.1, -0.05) is 6.92 Å². The fraction of sp³-hybridized carbons (Fsp3) is 0.636. The summed E-state index contributed by atoms with van der Waals surface area (Å²) in [5, 5.41) is 2.31. The number of Topliss-reactive ketones (excluding diaryl/α,β-unsaturated/α-hetero) is 1. The molecule has 0 radical (unpaired) electrons. The number of hydrogen-bond donors (Lipinski definition) is 2. The molecule has 7 heteroatoms. The average Bonchev–Trinajstić information content (AvgIpc) is 2.30. The number of ether oxygens (including phenoxy) is 1. The first-order valence-corrected chi connectivity index (χ1v) is 5.60. The predicted octanol–water partition coefficient (Wildman–Crippen LogP) is -0.721. The molecule has 0 rings (SSSR count). The molecule has 3 N–H and O–H groups in total. The van der Waals surface area contributed by atoms with E-state index in [9.17, 15) is 19.2 Å². The number of nitrogens with two attached hydrogens (primary N) is 1. The van der Waals surface area contributed by atoms with Gasteiger partial charge in [0.2, 0.25) is 5.91 Å². The summed E-state index contributed by atoms with van der Waals surface area (Å²) in [4.78, 5) is 43.9. The number of amides is 2. The Morgan fingerprint density at radius 2 is 1.89 bits per heavy atom. The summed E-state index contributed by atoms with van der Waals surface area (Å²) in [5.74, 6) is -1.97. The molecule has 0 fully saturated rings. The third-order valence-electron chi connectivity index (χ3n) is 2.19. The van der Waals surface area contributed by atoms with Crippen molar-refractivity contribution in [3.05, 3.63) is 0 Å². The molecule has 0 unspecified atom stereocenters. The van der Waals surface area contributed by atoms with Gasteiger partial charge in [-0.3, -0.25) is 19.2 Å². The first-order valence-electron chi connectivity index (χ1n) is 5.60. The third-order valence-corrected chi connectivity index (χ3v) is 2.19. The number of primary amides is 1. The molecule has 0 spiro atoms. The van der Waals surface area contributed by atoms with Gasteiger partial charge in [0, 0.05) is 19.8 Å². The minimum atomic E-state index is -0.927. The molecule has 0 aliphatic rings. The zero-order valence-electron chi connectivity index (χ0n) is 10.5. The zero-order chi connectivity index (χ0) is 14.1. The van der Waals surface area contributed by atoms with Gasteiger partial charge in [-0.05, 0) is 6.42 Å². The number of carbonyl (C=O) groups is 4. The van der Waals surface area contributed by atoms with E-state index >= 15 is 0 Å². The third kappa shape index (κ3) is 7.37. The maximum atomic E-state index is 11.3. The van der Waals surface area contributed by atoms with Crippen molar-refractivity contribution in [2.45, 2.75) is 39.2 Å². The molecule has 1 atom stereocenters. The van der Waals surface area contributed by atoms with Crippen molar-refractivity contribution in [1.29, 1.82) is 0 Å². The normalized spacial score (nSPS) is 11.4. The monoisotopic (exact) mass is 258 g/mol. The van der Waals surface area contributed by atoms with Crippen molar-refractivity contribution in [2.24, 2.45) is 5.73 Å². The lowest BCUT2D eigenvalue weighted by atomic mass is 10.1. The van der Waals surface area contributed by atoms with Gasteiger partial charge >= 0.3 is 5.97 Å². The second kappa shape index (κ2) is 8.21. The standard InChI is InChI=1S/C11H18N2O5/c1-3-8(15)4-5-9(11(12)17)13-10(16)6-18-7(2)14/h9H,3-6H2,1-2H3,(H2,12,17)(H,13,16)/t9-/m1/s1. The van der Waals surface area contributed by atoms with Crippen molar-refractivity contribution in [3.8, 4) is 0 Å². The van der Waals surface area contributed by atoms with Crippen LogP contribution in [-0.2, 0) is 23.9 Å². The summed E-state index contributed by atoms with van der Waals surface area (Å²) in [6.07, 6.45) is 0.679. The second-order valence-corrected chi connectivity index (χ2v) is 3.73. The molecule has 0 bridgehead atoms. The zero-order valence-corrected chi connectivity index (χ0v) is 10.5. The molecule has 0 aromatic rings. The first-order chi connectivity index (χ1) is 8.36. The molecule has 18 heavy (non-hydrogen) atoms. The summed E-state index contributed by atoms with van der Waals surface area (Å²) in [6, 6.07) is -0.927. The SMILES string of the molecule is CCC(=O)CC[C@@H](NC(=O)COC(C)=O)C(N)=O.